The third-order valence-corrected chi connectivity index (χ3v) is 3.50. The molecule has 2 heterocycles. The molecular formula is C17H15N5O2. The summed E-state index contributed by atoms with van der Waals surface area (Å²) in [6.07, 6.45) is 1.57. The van der Waals surface area contributed by atoms with Crippen molar-refractivity contribution in [1.29, 1.82) is 0 Å². The van der Waals surface area contributed by atoms with E-state index in [1.807, 2.05) is 48.5 Å². The Morgan fingerprint density at radius 1 is 1.00 bits per heavy atom. The van der Waals surface area contributed by atoms with Crippen LogP contribution in [0.1, 0.15) is 5.56 Å². The van der Waals surface area contributed by atoms with Gasteiger partial charge in [0.15, 0.2) is 17.3 Å². The van der Waals surface area contributed by atoms with Gasteiger partial charge >= 0.3 is 0 Å². The molecule has 0 bridgehead atoms. The van der Waals surface area contributed by atoms with Crippen molar-refractivity contribution in [3.8, 4) is 11.5 Å². The molecule has 2 aromatic carbocycles. The molecule has 7 heteroatoms. The van der Waals surface area contributed by atoms with Crippen LogP contribution in [0.3, 0.4) is 0 Å². The quantitative estimate of drug-likeness (QED) is 0.747. The summed E-state index contributed by atoms with van der Waals surface area (Å²) in [6, 6.07) is 15.7. The maximum Gasteiger partial charge on any atom is 0.244 e. The first kappa shape index (κ1) is 14.3. The van der Waals surface area contributed by atoms with Crippen LogP contribution in [-0.4, -0.2) is 22.0 Å². The zero-order valence-corrected chi connectivity index (χ0v) is 12.8. The third-order valence-electron chi connectivity index (χ3n) is 3.50. The monoisotopic (exact) mass is 321 g/mol. The van der Waals surface area contributed by atoms with E-state index >= 15 is 0 Å². The second-order valence-corrected chi connectivity index (χ2v) is 5.20. The van der Waals surface area contributed by atoms with Crippen molar-refractivity contribution in [1.82, 2.24) is 15.2 Å². The van der Waals surface area contributed by atoms with E-state index in [2.05, 4.69) is 25.8 Å². The summed E-state index contributed by atoms with van der Waals surface area (Å²) in [5, 5.41) is 14.3. The second kappa shape index (κ2) is 6.41. The molecule has 1 aromatic heterocycles. The highest BCUT2D eigenvalue weighted by Crippen LogP contribution is 2.34. The summed E-state index contributed by atoms with van der Waals surface area (Å²) >= 11 is 0. The molecule has 0 unspecified atom stereocenters. The van der Waals surface area contributed by atoms with Crippen LogP contribution in [0.25, 0.3) is 0 Å². The molecule has 2 N–H and O–H groups in total. The van der Waals surface area contributed by atoms with Crippen molar-refractivity contribution in [2.75, 3.05) is 17.4 Å². The van der Waals surface area contributed by atoms with Gasteiger partial charge in [0.05, 0.1) is 6.20 Å². The van der Waals surface area contributed by atoms with E-state index in [1.165, 1.54) is 0 Å². The maximum absolute atomic E-state index is 5.37. The molecule has 3 aromatic rings. The minimum absolute atomic E-state index is 0.251. The van der Waals surface area contributed by atoms with Crippen molar-refractivity contribution >= 4 is 17.5 Å². The van der Waals surface area contributed by atoms with Gasteiger partial charge in [-0.3, -0.25) is 0 Å². The Bertz CT molecular complexity index is 841. The van der Waals surface area contributed by atoms with Crippen LogP contribution in [0.5, 0.6) is 11.5 Å². The number of nitrogens with zero attached hydrogens (tertiary/aromatic N) is 3. The lowest BCUT2D eigenvalue weighted by atomic mass is 10.2. The molecule has 1 aliphatic rings. The number of benzene rings is 2. The Hall–Kier alpha value is -3.35. The molecule has 0 amide bonds. The van der Waals surface area contributed by atoms with E-state index in [-0.39, 0.29) is 6.79 Å². The zero-order chi connectivity index (χ0) is 16.2. The minimum Gasteiger partial charge on any atom is -0.454 e. The van der Waals surface area contributed by atoms with Gasteiger partial charge in [-0.1, -0.05) is 30.3 Å². The molecular weight excluding hydrogens is 306 g/mol. The number of aromatic nitrogens is 3. The number of nitrogens with one attached hydrogen (secondary N) is 2. The van der Waals surface area contributed by atoms with Crippen molar-refractivity contribution in [2.24, 2.45) is 0 Å². The molecule has 24 heavy (non-hydrogen) atoms. The van der Waals surface area contributed by atoms with Gasteiger partial charge in [-0.2, -0.15) is 10.1 Å². The molecule has 120 valence electrons. The van der Waals surface area contributed by atoms with Crippen LogP contribution in [0.15, 0.2) is 54.7 Å². The SMILES string of the molecule is c1ccc(CNc2nncc(Nc3ccc4c(c3)OCO4)n2)cc1. The van der Waals surface area contributed by atoms with Gasteiger partial charge in [-0.05, 0) is 17.7 Å². The summed E-state index contributed by atoms with van der Waals surface area (Å²) in [5.41, 5.74) is 1.99. The van der Waals surface area contributed by atoms with Crippen LogP contribution in [0, 0.1) is 0 Å². The van der Waals surface area contributed by atoms with Gasteiger partial charge in [0.1, 0.15) is 0 Å². The maximum atomic E-state index is 5.37. The number of hydrogen-bond acceptors (Lipinski definition) is 7. The molecule has 0 aliphatic carbocycles. The van der Waals surface area contributed by atoms with E-state index in [0.717, 1.165) is 17.0 Å². The fourth-order valence-corrected chi connectivity index (χ4v) is 2.34. The Morgan fingerprint density at radius 2 is 1.88 bits per heavy atom. The highest BCUT2D eigenvalue weighted by atomic mass is 16.7. The lowest BCUT2D eigenvalue weighted by Gasteiger charge is -2.08. The first-order chi connectivity index (χ1) is 11.9. The average molecular weight is 321 g/mol. The molecule has 0 saturated carbocycles. The Morgan fingerprint density at radius 3 is 2.79 bits per heavy atom. The van der Waals surface area contributed by atoms with Gasteiger partial charge in [-0.25, -0.2) is 0 Å². The van der Waals surface area contributed by atoms with Crippen LogP contribution in [-0.2, 0) is 6.54 Å². The summed E-state index contributed by atoms with van der Waals surface area (Å²) in [5.74, 6) is 2.51. The van der Waals surface area contributed by atoms with Crippen LogP contribution in [0.2, 0.25) is 0 Å². The summed E-state index contributed by atoms with van der Waals surface area (Å²) < 4.78 is 10.7. The Kier molecular flexibility index (Phi) is 3.81. The van der Waals surface area contributed by atoms with Crippen molar-refractivity contribution in [3.05, 3.63) is 60.3 Å². The molecule has 1 aliphatic heterocycles. The first-order valence-corrected chi connectivity index (χ1v) is 7.51. The lowest BCUT2D eigenvalue weighted by Crippen LogP contribution is -2.06. The normalized spacial score (nSPS) is 12.0. The molecule has 0 fully saturated rings. The van der Waals surface area contributed by atoms with E-state index in [1.54, 1.807) is 6.20 Å². The van der Waals surface area contributed by atoms with Crippen molar-refractivity contribution in [2.45, 2.75) is 6.54 Å². The summed E-state index contributed by atoms with van der Waals surface area (Å²) in [7, 11) is 0. The summed E-state index contributed by atoms with van der Waals surface area (Å²) in [4.78, 5) is 4.41. The topological polar surface area (TPSA) is 81.2 Å². The Labute approximate surface area is 138 Å². The van der Waals surface area contributed by atoms with Crippen LogP contribution >= 0.6 is 0 Å². The van der Waals surface area contributed by atoms with E-state index < -0.39 is 0 Å². The fraction of sp³-hybridized carbons (Fsp3) is 0.118. The molecule has 4 rings (SSSR count). The van der Waals surface area contributed by atoms with E-state index in [9.17, 15) is 0 Å². The van der Waals surface area contributed by atoms with Crippen LogP contribution in [0.4, 0.5) is 17.5 Å². The first-order valence-electron chi connectivity index (χ1n) is 7.51. The van der Waals surface area contributed by atoms with Gasteiger partial charge in [0, 0.05) is 18.3 Å². The van der Waals surface area contributed by atoms with Crippen molar-refractivity contribution < 1.29 is 9.47 Å². The smallest absolute Gasteiger partial charge is 0.244 e. The molecule has 0 atom stereocenters. The molecule has 0 radical (unpaired) electrons. The molecule has 7 nitrogen and oxygen atoms in total. The van der Waals surface area contributed by atoms with Crippen molar-refractivity contribution in [3.63, 3.8) is 0 Å². The van der Waals surface area contributed by atoms with E-state index in [4.69, 9.17) is 9.47 Å². The number of fused-ring (bicyclic) bond motifs is 1. The highest BCUT2D eigenvalue weighted by Gasteiger charge is 2.13. The van der Waals surface area contributed by atoms with Gasteiger partial charge < -0.3 is 20.1 Å². The van der Waals surface area contributed by atoms with Crippen LogP contribution < -0.4 is 20.1 Å². The largest absolute Gasteiger partial charge is 0.454 e. The standard InChI is InChI=1S/C17H15N5O2/c1-2-4-12(5-3-1)9-18-17-21-16(10-19-22-17)20-13-6-7-14-15(8-13)24-11-23-14/h1-8,10H,9,11H2,(H2,18,20,21,22). The second-order valence-electron chi connectivity index (χ2n) is 5.20. The minimum atomic E-state index is 0.251. The zero-order valence-electron chi connectivity index (χ0n) is 12.8. The lowest BCUT2D eigenvalue weighted by molar-refractivity contribution is 0.174. The van der Waals surface area contributed by atoms with Gasteiger partial charge in [0.2, 0.25) is 12.7 Å². The molecule has 0 spiro atoms. The predicted octanol–water partition coefficient (Wildman–Crippen LogP) is 2.96. The Balaban J connectivity index is 1.44. The van der Waals surface area contributed by atoms with E-state index in [0.29, 0.717) is 24.1 Å². The molecule has 0 saturated heterocycles. The van der Waals surface area contributed by atoms with Gasteiger partial charge in [-0.15, -0.1) is 5.10 Å². The number of hydrogen-bond donors (Lipinski definition) is 2. The summed E-state index contributed by atoms with van der Waals surface area (Å²) in [6.45, 7) is 0.886. The average Bonchev–Trinajstić information content (AvgIpc) is 3.09. The number of rotatable bonds is 5. The number of anilines is 3. The highest BCUT2D eigenvalue weighted by molar-refractivity contribution is 5.61. The number of ether oxygens (including phenoxy) is 2. The predicted molar refractivity (Wildman–Crippen MR) is 89.4 cm³/mol. The fourth-order valence-electron chi connectivity index (χ4n) is 2.34. The third kappa shape index (κ3) is 3.19. The van der Waals surface area contributed by atoms with Gasteiger partial charge in [0.25, 0.3) is 0 Å².